The molecule has 2 rings (SSSR count). The summed E-state index contributed by atoms with van der Waals surface area (Å²) in [5, 5.41) is 10.0. The minimum absolute atomic E-state index is 0.0432. The molecule has 1 amide bonds. The maximum absolute atomic E-state index is 13.3. The maximum Gasteiger partial charge on any atom is 0.258 e. The van der Waals surface area contributed by atoms with Crippen molar-refractivity contribution in [2.75, 3.05) is 13.1 Å². The van der Waals surface area contributed by atoms with Gasteiger partial charge >= 0.3 is 0 Å². The molecule has 2 heterocycles. The molecule has 5 heteroatoms. The van der Waals surface area contributed by atoms with E-state index in [0.717, 1.165) is 0 Å². The van der Waals surface area contributed by atoms with Crippen LogP contribution in [-0.2, 0) is 0 Å². The maximum atomic E-state index is 13.3. The van der Waals surface area contributed by atoms with E-state index >= 15 is 0 Å². The number of carbonyl (C=O) groups excluding carboxylic acids is 1. The van der Waals surface area contributed by atoms with Crippen molar-refractivity contribution < 1.29 is 14.3 Å². The molecule has 0 aliphatic carbocycles. The summed E-state index contributed by atoms with van der Waals surface area (Å²) in [4.78, 5) is 16.8. The Morgan fingerprint density at radius 2 is 2.24 bits per heavy atom. The van der Waals surface area contributed by atoms with Crippen LogP contribution in [0.3, 0.4) is 0 Å². The Morgan fingerprint density at radius 1 is 1.59 bits per heavy atom. The van der Waals surface area contributed by atoms with E-state index in [1.165, 1.54) is 23.2 Å². The Bertz CT molecular complexity index is 442. The van der Waals surface area contributed by atoms with Crippen molar-refractivity contribution in [3.05, 3.63) is 29.8 Å². The van der Waals surface area contributed by atoms with Gasteiger partial charge in [-0.25, -0.2) is 4.98 Å². The number of carbonyl (C=O) groups is 1. The number of likely N-dealkylation sites (tertiary alicyclic amines) is 1. The fourth-order valence-corrected chi connectivity index (χ4v) is 1.84. The number of halogens is 1. The molecule has 92 valence electrons. The lowest BCUT2D eigenvalue weighted by molar-refractivity contribution is -0.111. The van der Waals surface area contributed by atoms with E-state index in [2.05, 4.69) is 4.98 Å². The van der Waals surface area contributed by atoms with Crippen LogP contribution in [0, 0.1) is 11.9 Å². The molecule has 0 atom stereocenters. The van der Waals surface area contributed by atoms with Crippen molar-refractivity contribution in [2.24, 2.45) is 5.92 Å². The number of β-amino-alcohol motifs (C(OH)–C–C–N with tert-alkyl or cyclic N) is 1. The summed E-state index contributed by atoms with van der Waals surface area (Å²) in [6.45, 7) is 4.29. The molecule has 1 aromatic heterocycles. The molecule has 1 aliphatic heterocycles. The van der Waals surface area contributed by atoms with Crippen LogP contribution in [0.4, 0.5) is 4.39 Å². The summed E-state index contributed by atoms with van der Waals surface area (Å²) in [6, 6.07) is 2.92. The van der Waals surface area contributed by atoms with Crippen molar-refractivity contribution in [1.29, 1.82) is 0 Å². The molecule has 0 unspecified atom stereocenters. The second-order valence-electron chi connectivity index (χ2n) is 4.76. The van der Waals surface area contributed by atoms with Gasteiger partial charge in [0.2, 0.25) is 5.95 Å². The van der Waals surface area contributed by atoms with E-state index in [9.17, 15) is 14.3 Å². The quantitative estimate of drug-likeness (QED) is 0.784. The summed E-state index contributed by atoms with van der Waals surface area (Å²) in [6.07, 6.45) is 1.30. The lowest BCUT2D eigenvalue weighted by atomic mass is 9.82. The van der Waals surface area contributed by atoms with Gasteiger partial charge in [0.15, 0.2) is 0 Å². The number of amides is 1. The van der Waals surface area contributed by atoms with Gasteiger partial charge in [0.25, 0.3) is 5.91 Å². The summed E-state index contributed by atoms with van der Waals surface area (Å²) < 4.78 is 13.3. The predicted octanol–water partition coefficient (Wildman–Crippen LogP) is 1.06. The van der Waals surface area contributed by atoms with E-state index in [4.69, 9.17) is 0 Å². The average Bonchev–Trinajstić information content (AvgIpc) is 2.24. The number of pyridine rings is 1. The van der Waals surface area contributed by atoms with E-state index < -0.39 is 17.5 Å². The van der Waals surface area contributed by atoms with Crippen molar-refractivity contribution in [1.82, 2.24) is 9.88 Å². The standard InChI is InChI=1S/C12H15FN2O2/c1-8(2)12(17)6-15(7-12)11(16)9-4-3-5-14-10(9)13/h3-5,8,17H,6-7H2,1-2H3. The highest BCUT2D eigenvalue weighted by atomic mass is 19.1. The first-order valence-corrected chi connectivity index (χ1v) is 5.56. The van der Waals surface area contributed by atoms with Crippen LogP contribution < -0.4 is 0 Å². The molecule has 0 bridgehead atoms. The summed E-state index contributed by atoms with van der Waals surface area (Å²) in [5.41, 5.74) is -0.882. The third kappa shape index (κ3) is 2.02. The van der Waals surface area contributed by atoms with Crippen molar-refractivity contribution >= 4 is 5.91 Å². The highest BCUT2D eigenvalue weighted by Crippen LogP contribution is 2.29. The topological polar surface area (TPSA) is 53.4 Å². The molecule has 17 heavy (non-hydrogen) atoms. The molecule has 1 aliphatic rings. The highest BCUT2D eigenvalue weighted by molar-refractivity contribution is 5.94. The van der Waals surface area contributed by atoms with Crippen LogP contribution in [0.25, 0.3) is 0 Å². The van der Waals surface area contributed by atoms with Gasteiger partial charge in [-0.15, -0.1) is 0 Å². The van der Waals surface area contributed by atoms with E-state index in [0.29, 0.717) is 0 Å². The third-order valence-electron chi connectivity index (χ3n) is 3.28. The fourth-order valence-electron chi connectivity index (χ4n) is 1.84. The van der Waals surface area contributed by atoms with Crippen LogP contribution in [0.5, 0.6) is 0 Å². The summed E-state index contributed by atoms with van der Waals surface area (Å²) >= 11 is 0. The number of aromatic nitrogens is 1. The van der Waals surface area contributed by atoms with Gasteiger partial charge in [-0.2, -0.15) is 4.39 Å². The molecule has 0 saturated carbocycles. The first-order valence-electron chi connectivity index (χ1n) is 5.56. The normalized spacial score (nSPS) is 18.1. The Labute approximate surface area is 99.1 Å². The lowest BCUT2D eigenvalue weighted by Gasteiger charge is -2.49. The van der Waals surface area contributed by atoms with Gasteiger partial charge in [-0.05, 0) is 18.1 Å². The number of rotatable bonds is 2. The van der Waals surface area contributed by atoms with Crippen LogP contribution in [0.1, 0.15) is 24.2 Å². The zero-order chi connectivity index (χ0) is 12.6. The molecule has 1 N–H and O–H groups in total. The molecule has 1 fully saturated rings. The van der Waals surface area contributed by atoms with Gasteiger partial charge in [-0.1, -0.05) is 13.8 Å². The van der Waals surface area contributed by atoms with E-state index in [1.54, 1.807) is 0 Å². The molecule has 1 aromatic rings. The molecule has 0 spiro atoms. The van der Waals surface area contributed by atoms with Gasteiger partial charge in [0, 0.05) is 6.20 Å². The molecule has 4 nitrogen and oxygen atoms in total. The molecule has 0 aromatic carbocycles. The van der Waals surface area contributed by atoms with Gasteiger partial charge in [-0.3, -0.25) is 4.79 Å². The van der Waals surface area contributed by atoms with E-state index in [1.807, 2.05) is 13.8 Å². The summed E-state index contributed by atoms with van der Waals surface area (Å²) in [7, 11) is 0. The fraction of sp³-hybridized carbons (Fsp3) is 0.500. The minimum atomic E-state index is -0.839. The van der Waals surface area contributed by atoms with Crippen molar-refractivity contribution in [3.63, 3.8) is 0 Å². The highest BCUT2D eigenvalue weighted by Gasteiger charge is 2.46. The second kappa shape index (κ2) is 4.07. The van der Waals surface area contributed by atoms with Crippen LogP contribution in [0.2, 0.25) is 0 Å². The van der Waals surface area contributed by atoms with E-state index in [-0.39, 0.29) is 24.6 Å². The number of hydrogen-bond donors (Lipinski definition) is 1. The van der Waals surface area contributed by atoms with Crippen molar-refractivity contribution in [2.45, 2.75) is 19.4 Å². The Balaban J connectivity index is 2.08. The lowest BCUT2D eigenvalue weighted by Crippen LogP contribution is -2.66. The molecular formula is C12H15FN2O2. The smallest absolute Gasteiger partial charge is 0.258 e. The third-order valence-corrected chi connectivity index (χ3v) is 3.28. The van der Waals surface area contributed by atoms with Gasteiger partial charge in [0.1, 0.15) is 5.60 Å². The zero-order valence-corrected chi connectivity index (χ0v) is 9.85. The first-order chi connectivity index (χ1) is 7.94. The Kier molecular flexibility index (Phi) is 2.87. The van der Waals surface area contributed by atoms with Gasteiger partial charge < -0.3 is 10.0 Å². The zero-order valence-electron chi connectivity index (χ0n) is 9.85. The first kappa shape index (κ1) is 12.0. The monoisotopic (exact) mass is 238 g/mol. The van der Waals surface area contributed by atoms with Crippen molar-refractivity contribution in [3.8, 4) is 0 Å². The number of aliphatic hydroxyl groups is 1. The second-order valence-corrected chi connectivity index (χ2v) is 4.76. The Morgan fingerprint density at radius 3 is 2.76 bits per heavy atom. The molecule has 1 saturated heterocycles. The average molecular weight is 238 g/mol. The van der Waals surface area contributed by atoms with Gasteiger partial charge in [0.05, 0.1) is 18.7 Å². The van der Waals surface area contributed by atoms with Crippen LogP contribution >= 0.6 is 0 Å². The van der Waals surface area contributed by atoms with Crippen LogP contribution in [-0.4, -0.2) is 39.6 Å². The minimum Gasteiger partial charge on any atom is -0.386 e. The Hall–Kier alpha value is -1.49. The largest absolute Gasteiger partial charge is 0.386 e. The molecular weight excluding hydrogens is 223 g/mol. The SMILES string of the molecule is CC(C)C1(O)CN(C(=O)c2cccnc2F)C1. The predicted molar refractivity (Wildman–Crippen MR) is 59.9 cm³/mol. The summed E-state index contributed by atoms with van der Waals surface area (Å²) in [5.74, 6) is -1.11. The number of hydrogen-bond acceptors (Lipinski definition) is 3. The molecule has 0 radical (unpaired) electrons. The van der Waals surface area contributed by atoms with Crippen LogP contribution in [0.15, 0.2) is 18.3 Å². The number of nitrogens with zero attached hydrogens (tertiary/aromatic N) is 2.